The maximum Gasteiger partial charge on any atom is 0.270 e. The number of methoxy groups -OCH3 is 1. The van der Waals surface area contributed by atoms with Crippen LogP contribution in [-0.4, -0.2) is 18.0 Å². The summed E-state index contributed by atoms with van der Waals surface area (Å²) in [6.45, 7) is 1.93. The van der Waals surface area contributed by atoms with Gasteiger partial charge in [-0.3, -0.25) is 4.79 Å². The molecule has 1 atom stereocenters. The minimum Gasteiger partial charge on any atom is -0.497 e. The van der Waals surface area contributed by atoms with Crippen LogP contribution in [0.2, 0.25) is 0 Å². The molecule has 0 spiro atoms. The topological polar surface area (TPSA) is 51.2 Å². The van der Waals surface area contributed by atoms with Crippen LogP contribution in [-0.2, 0) is 0 Å². The van der Waals surface area contributed by atoms with Gasteiger partial charge in [0.05, 0.1) is 13.2 Å². The average molecular weight is 335 g/mol. The smallest absolute Gasteiger partial charge is 0.270 e. The number of benzene rings is 1. The molecule has 2 rings (SSSR count). The third-order valence-corrected chi connectivity index (χ3v) is 3.39. The van der Waals surface area contributed by atoms with Crippen LogP contribution in [0.25, 0.3) is 0 Å². The van der Waals surface area contributed by atoms with Crippen LogP contribution in [0.1, 0.15) is 29.0 Å². The lowest BCUT2D eigenvalue weighted by molar-refractivity contribution is 0.0935. The molecular formula is C15H15BrN2O2. The average Bonchev–Trinajstić information content (AvgIpc) is 2.48. The van der Waals surface area contributed by atoms with Crippen LogP contribution in [0, 0.1) is 0 Å². The number of pyridine rings is 1. The highest BCUT2D eigenvalue weighted by molar-refractivity contribution is 9.10. The first kappa shape index (κ1) is 14.5. The van der Waals surface area contributed by atoms with Gasteiger partial charge in [0.2, 0.25) is 0 Å². The molecule has 0 aliphatic heterocycles. The second-order valence-electron chi connectivity index (χ2n) is 4.33. The van der Waals surface area contributed by atoms with Crippen molar-refractivity contribution in [2.75, 3.05) is 7.11 Å². The van der Waals surface area contributed by atoms with Gasteiger partial charge >= 0.3 is 0 Å². The number of halogens is 1. The summed E-state index contributed by atoms with van der Waals surface area (Å²) in [6, 6.07) is 11.0. The predicted octanol–water partition coefficient (Wildman–Crippen LogP) is 3.34. The summed E-state index contributed by atoms with van der Waals surface area (Å²) in [6.07, 6.45) is 1.60. The van der Waals surface area contributed by atoms with E-state index in [0.29, 0.717) is 5.69 Å². The van der Waals surface area contributed by atoms with Crippen molar-refractivity contribution in [2.24, 2.45) is 0 Å². The van der Waals surface area contributed by atoms with E-state index < -0.39 is 0 Å². The van der Waals surface area contributed by atoms with Crippen LogP contribution in [0.3, 0.4) is 0 Å². The normalized spacial score (nSPS) is 11.8. The van der Waals surface area contributed by atoms with Crippen molar-refractivity contribution >= 4 is 21.8 Å². The number of hydrogen-bond donors (Lipinski definition) is 1. The number of nitrogens with zero attached hydrogens (tertiary/aromatic N) is 1. The number of aromatic nitrogens is 1. The molecule has 1 unspecified atom stereocenters. The maximum atomic E-state index is 12.0. The van der Waals surface area contributed by atoms with Crippen molar-refractivity contribution in [3.63, 3.8) is 0 Å². The van der Waals surface area contributed by atoms with Gasteiger partial charge in [0.15, 0.2) is 0 Å². The van der Waals surface area contributed by atoms with Gasteiger partial charge in [-0.25, -0.2) is 4.98 Å². The molecule has 0 aliphatic rings. The van der Waals surface area contributed by atoms with E-state index in [9.17, 15) is 4.79 Å². The largest absolute Gasteiger partial charge is 0.497 e. The quantitative estimate of drug-likeness (QED) is 0.932. The Hall–Kier alpha value is -1.88. The van der Waals surface area contributed by atoms with E-state index in [1.807, 2.05) is 31.2 Å². The number of carbonyl (C=O) groups is 1. The van der Waals surface area contributed by atoms with Crippen LogP contribution < -0.4 is 10.1 Å². The molecule has 104 valence electrons. The summed E-state index contributed by atoms with van der Waals surface area (Å²) in [4.78, 5) is 16.1. The summed E-state index contributed by atoms with van der Waals surface area (Å²) in [5.74, 6) is 0.600. The molecule has 1 amide bonds. The zero-order valence-corrected chi connectivity index (χ0v) is 12.8. The standard InChI is InChI=1S/C15H15BrN2O2/c1-10(11-3-6-13(20-2)7-4-11)18-15(19)14-8-5-12(16)9-17-14/h3-10H,1-2H3,(H,18,19). The second kappa shape index (κ2) is 6.52. The first-order chi connectivity index (χ1) is 9.60. The van der Waals surface area contributed by atoms with Gasteiger partial charge in [-0.15, -0.1) is 0 Å². The van der Waals surface area contributed by atoms with Gasteiger partial charge in [0.25, 0.3) is 5.91 Å². The highest BCUT2D eigenvalue weighted by Gasteiger charge is 2.12. The summed E-state index contributed by atoms with van der Waals surface area (Å²) in [5.41, 5.74) is 1.41. The maximum absolute atomic E-state index is 12.0. The fraction of sp³-hybridized carbons (Fsp3) is 0.200. The van der Waals surface area contributed by atoms with Crippen LogP contribution in [0.15, 0.2) is 47.1 Å². The third kappa shape index (κ3) is 3.57. The first-order valence-electron chi connectivity index (χ1n) is 6.16. The summed E-state index contributed by atoms with van der Waals surface area (Å²) < 4.78 is 5.95. The number of rotatable bonds is 4. The number of amides is 1. The van der Waals surface area contributed by atoms with Crippen molar-refractivity contribution in [1.82, 2.24) is 10.3 Å². The molecule has 5 heteroatoms. The van der Waals surface area contributed by atoms with Crippen molar-refractivity contribution < 1.29 is 9.53 Å². The highest BCUT2D eigenvalue weighted by Crippen LogP contribution is 2.17. The molecule has 0 aliphatic carbocycles. The van der Waals surface area contributed by atoms with Crippen molar-refractivity contribution in [2.45, 2.75) is 13.0 Å². The van der Waals surface area contributed by atoms with Gasteiger partial charge in [0.1, 0.15) is 11.4 Å². The molecule has 4 nitrogen and oxygen atoms in total. The van der Waals surface area contributed by atoms with Gasteiger partial charge < -0.3 is 10.1 Å². The molecule has 0 saturated carbocycles. The molecule has 1 N–H and O–H groups in total. The number of nitrogens with one attached hydrogen (secondary N) is 1. The molecular weight excluding hydrogens is 320 g/mol. The fourth-order valence-electron chi connectivity index (χ4n) is 1.76. The van der Waals surface area contributed by atoms with E-state index in [1.165, 1.54) is 0 Å². The molecule has 2 aromatic rings. The Labute approximate surface area is 126 Å². The minimum atomic E-state index is -0.194. The number of carbonyl (C=O) groups excluding carboxylic acids is 1. The van der Waals surface area contributed by atoms with Crippen molar-refractivity contribution in [3.05, 3.63) is 58.3 Å². The second-order valence-corrected chi connectivity index (χ2v) is 5.25. The fourth-order valence-corrected chi connectivity index (χ4v) is 1.99. The minimum absolute atomic E-state index is 0.0983. The lowest BCUT2D eigenvalue weighted by atomic mass is 10.1. The SMILES string of the molecule is COc1ccc(C(C)NC(=O)c2ccc(Br)cn2)cc1. The molecule has 0 fully saturated rings. The third-order valence-electron chi connectivity index (χ3n) is 2.92. The Morgan fingerprint density at radius 1 is 1.25 bits per heavy atom. The molecule has 0 saturated heterocycles. The summed E-state index contributed by atoms with van der Waals surface area (Å²) >= 11 is 3.29. The van der Waals surface area contributed by atoms with Crippen LogP contribution in [0.4, 0.5) is 0 Å². The van der Waals surface area contributed by atoms with Gasteiger partial charge in [0, 0.05) is 10.7 Å². The van der Waals surface area contributed by atoms with E-state index in [1.54, 1.807) is 25.4 Å². The van der Waals surface area contributed by atoms with Crippen LogP contribution in [0.5, 0.6) is 5.75 Å². The van der Waals surface area contributed by atoms with Crippen molar-refractivity contribution in [3.8, 4) is 5.75 Å². The Morgan fingerprint density at radius 2 is 1.95 bits per heavy atom. The van der Waals surface area contributed by atoms with Gasteiger partial charge in [-0.2, -0.15) is 0 Å². The van der Waals surface area contributed by atoms with E-state index in [4.69, 9.17) is 4.74 Å². The lowest BCUT2D eigenvalue weighted by Crippen LogP contribution is -2.27. The Bertz CT molecular complexity index is 582. The highest BCUT2D eigenvalue weighted by atomic mass is 79.9. The zero-order valence-electron chi connectivity index (χ0n) is 11.3. The van der Waals surface area contributed by atoms with Crippen molar-refractivity contribution in [1.29, 1.82) is 0 Å². The summed E-state index contributed by atoms with van der Waals surface area (Å²) in [5, 5.41) is 2.91. The van der Waals surface area contributed by atoms with E-state index >= 15 is 0 Å². The summed E-state index contributed by atoms with van der Waals surface area (Å²) in [7, 11) is 1.62. The number of hydrogen-bond acceptors (Lipinski definition) is 3. The number of ether oxygens (including phenoxy) is 1. The molecule has 0 radical (unpaired) electrons. The molecule has 20 heavy (non-hydrogen) atoms. The van der Waals surface area contributed by atoms with E-state index in [2.05, 4.69) is 26.2 Å². The molecule has 1 heterocycles. The van der Waals surface area contributed by atoms with Gasteiger partial charge in [-0.1, -0.05) is 12.1 Å². The molecule has 1 aromatic carbocycles. The van der Waals surface area contributed by atoms with E-state index in [0.717, 1.165) is 15.8 Å². The Balaban J connectivity index is 2.04. The van der Waals surface area contributed by atoms with Crippen LogP contribution >= 0.6 is 15.9 Å². The molecule has 0 bridgehead atoms. The predicted molar refractivity (Wildman–Crippen MR) is 80.8 cm³/mol. The molecule has 1 aromatic heterocycles. The van der Waals surface area contributed by atoms with Gasteiger partial charge in [-0.05, 0) is 52.7 Å². The van der Waals surface area contributed by atoms with E-state index in [-0.39, 0.29) is 11.9 Å². The monoisotopic (exact) mass is 334 g/mol. The Kier molecular flexibility index (Phi) is 4.74. The Morgan fingerprint density at radius 3 is 2.50 bits per heavy atom. The zero-order chi connectivity index (χ0) is 14.5. The first-order valence-corrected chi connectivity index (χ1v) is 6.96. The lowest BCUT2D eigenvalue weighted by Gasteiger charge is -2.14.